The number of imidazole rings is 1. The first kappa shape index (κ1) is 20.1. The smallest absolute Gasteiger partial charge is 0.299 e. The lowest BCUT2D eigenvalue weighted by Gasteiger charge is -2.30. The molecule has 0 saturated carbocycles. The highest BCUT2D eigenvalue weighted by molar-refractivity contribution is 6.01. The number of amides is 1. The van der Waals surface area contributed by atoms with Gasteiger partial charge in [-0.25, -0.2) is 9.55 Å². The van der Waals surface area contributed by atoms with Crippen LogP contribution in [0.4, 0.5) is 5.69 Å². The number of aliphatic hydroxyl groups is 1. The van der Waals surface area contributed by atoms with Crippen LogP contribution in [0.2, 0.25) is 0 Å². The third kappa shape index (κ3) is 4.87. The molecule has 1 atom stereocenters. The van der Waals surface area contributed by atoms with Crippen LogP contribution in [0.1, 0.15) is 21.6 Å². The van der Waals surface area contributed by atoms with Crippen LogP contribution < -0.4 is 14.6 Å². The van der Waals surface area contributed by atoms with Crippen LogP contribution in [-0.2, 0) is 20.0 Å². The van der Waals surface area contributed by atoms with Crippen molar-refractivity contribution in [2.24, 2.45) is 7.05 Å². The number of fused-ring (bicyclic) bond motifs is 1. The lowest BCUT2D eigenvalue weighted by Crippen LogP contribution is -2.38. The summed E-state index contributed by atoms with van der Waals surface area (Å²) >= 11 is 0. The number of ether oxygens (including phenoxy) is 1. The van der Waals surface area contributed by atoms with Crippen molar-refractivity contribution < 1.29 is 19.2 Å². The van der Waals surface area contributed by atoms with E-state index in [1.54, 1.807) is 36.3 Å². The van der Waals surface area contributed by atoms with Crippen molar-refractivity contribution in [3.8, 4) is 5.75 Å². The van der Waals surface area contributed by atoms with Crippen molar-refractivity contribution in [3.05, 3.63) is 77.9 Å². The predicted molar refractivity (Wildman–Crippen MR) is 113 cm³/mol. The number of aromatic nitrogens is 2. The van der Waals surface area contributed by atoms with Crippen molar-refractivity contribution >= 4 is 11.6 Å². The van der Waals surface area contributed by atoms with Gasteiger partial charge in [-0.3, -0.25) is 9.69 Å². The van der Waals surface area contributed by atoms with E-state index in [2.05, 4.69) is 39.5 Å². The molecule has 0 spiro atoms. The topological polar surface area (TPSA) is 81.5 Å². The highest BCUT2D eigenvalue weighted by atomic mass is 16.5. The molecule has 0 unspecified atom stereocenters. The number of hydrogen-bond acceptors (Lipinski definition) is 4. The summed E-state index contributed by atoms with van der Waals surface area (Å²) in [6, 6.07) is 15.7. The Balaban J connectivity index is 1.28. The standard InChI is InChI=1S/C23H26N4O3/c1-26-16-24-12-22(26)23(29)25-19-7-4-8-21(11-19)30-15-20(28)14-27-10-9-17-5-2-3-6-18(17)13-27/h2-8,11-12,16,20,28H,9-10,13-15H2,1H3,(H,25,29)/p+1/t20-/m1/s1. The number of β-amino-alcohol motifs (C(OH)–C–C–N with tert-alkyl or cyclic N) is 1. The van der Waals surface area contributed by atoms with Gasteiger partial charge in [0.05, 0.1) is 7.05 Å². The fourth-order valence-corrected chi connectivity index (χ4v) is 3.74. The third-order valence-corrected chi connectivity index (χ3v) is 5.31. The average molecular weight is 407 g/mol. The van der Waals surface area contributed by atoms with E-state index in [-0.39, 0.29) is 12.5 Å². The summed E-state index contributed by atoms with van der Waals surface area (Å²) < 4.78 is 7.49. The van der Waals surface area contributed by atoms with Gasteiger partial charge in [-0.15, -0.1) is 0 Å². The number of benzene rings is 2. The summed E-state index contributed by atoms with van der Waals surface area (Å²) in [4.78, 5) is 17.5. The van der Waals surface area contributed by atoms with Gasteiger partial charge in [0.25, 0.3) is 5.91 Å². The number of carbonyl (C=O) groups is 1. The van der Waals surface area contributed by atoms with E-state index in [9.17, 15) is 9.90 Å². The molecular formula is C23H27N4O3+. The molecule has 2 aromatic carbocycles. The van der Waals surface area contributed by atoms with E-state index in [1.807, 2.05) is 12.1 Å². The Morgan fingerprint density at radius 3 is 2.90 bits per heavy atom. The van der Waals surface area contributed by atoms with Crippen LogP contribution in [0.5, 0.6) is 5.75 Å². The van der Waals surface area contributed by atoms with Crippen LogP contribution in [-0.4, -0.2) is 46.7 Å². The number of hydrogen-bond donors (Lipinski definition) is 3. The van der Waals surface area contributed by atoms with Crippen LogP contribution in [0.3, 0.4) is 0 Å². The molecule has 1 amide bonds. The molecule has 2 heterocycles. The van der Waals surface area contributed by atoms with E-state index < -0.39 is 6.10 Å². The van der Waals surface area contributed by atoms with Gasteiger partial charge < -0.3 is 15.2 Å². The van der Waals surface area contributed by atoms with Gasteiger partial charge in [0, 0.05) is 31.4 Å². The first-order valence-corrected chi connectivity index (χ1v) is 10.1. The Morgan fingerprint density at radius 1 is 1.27 bits per heavy atom. The summed E-state index contributed by atoms with van der Waals surface area (Å²) in [5.41, 5.74) is 3.89. The maximum absolute atomic E-state index is 12.3. The van der Waals surface area contributed by atoms with Gasteiger partial charge in [0.2, 0.25) is 12.0 Å². The van der Waals surface area contributed by atoms with E-state index in [0.717, 1.165) is 19.5 Å². The van der Waals surface area contributed by atoms with Crippen LogP contribution in [0.15, 0.2) is 61.1 Å². The molecule has 7 nitrogen and oxygen atoms in total. The molecule has 7 heteroatoms. The Morgan fingerprint density at radius 2 is 2.10 bits per heavy atom. The molecule has 1 aliphatic heterocycles. The van der Waals surface area contributed by atoms with Gasteiger partial charge >= 0.3 is 0 Å². The summed E-state index contributed by atoms with van der Waals surface area (Å²) in [5.74, 6) is 0.399. The summed E-state index contributed by atoms with van der Waals surface area (Å²) in [7, 11) is 1.80. The van der Waals surface area contributed by atoms with Gasteiger partial charge in [-0.2, -0.15) is 0 Å². The number of aliphatic hydroxyl groups excluding tert-OH is 1. The monoisotopic (exact) mass is 407 g/mol. The minimum Gasteiger partial charge on any atom is -0.491 e. The number of H-pyrrole nitrogens is 1. The summed E-state index contributed by atoms with van der Waals surface area (Å²) in [6.07, 6.45) is 3.76. The number of rotatable bonds is 7. The van der Waals surface area contributed by atoms with Gasteiger partial charge in [0.15, 0.2) is 0 Å². The second kappa shape index (κ2) is 9.11. The Hall–Kier alpha value is -3.16. The molecule has 0 saturated heterocycles. The lowest BCUT2D eigenvalue weighted by molar-refractivity contribution is -0.671. The second-order valence-electron chi connectivity index (χ2n) is 7.64. The van der Waals surface area contributed by atoms with Gasteiger partial charge in [-0.05, 0) is 29.7 Å². The van der Waals surface area contributed by atoms with E-state index >= 15 is 0 Å². The summed E-state index contributed by atoms with van der Waals surface area (Å²) in [6.45, 7) is 2.55. The molecule has 30 heavy (non-hydrogen) atoms. The number of aromatic amines is 1. The third-order valence-electron chi connectivity index (χ3n) is 5.31. The first-order valence-electron chi connectivity index (χ1n) is 10.1. The molecule has 0 bridgehead atoms. The van der Waals surface area contributed by atoms with E-state index in [0.29, 0.717) is 23.7 Å². The fraction of sp³-hybridized carbons (Fsp3) is 0.304. The maximum Gasteiger partial charge on any atom is 0.299 e. The van der Waals surface area contributed by atoms with Crippen molar-refractivity contribution in [2.45, 2.75) is 19.1 Å². The maximum atomic E-state index is 12.3. The van der Waals surface area contributed by atoms with Crippen LogP contribution >= 0.6 is 0 Å². The Bertz CT molecular complexity index is 1020. The first-order chi connectivity index (χ1) is 14.6. The minimum absolute atomic E-state index is 0.197. The zero-order valence-electron chi connectivity index (χ0n) is 17.0. The molecule has 4 rings (SSSR count). The van der Waals surface area contributed by atoms with Crippen LogP contribution in [0.25, 0.3) is 0 Å². The Kier molecular flexibility index (Phi) is 6.11. The number of carbonyl (C=O) groups excluding carboxylic acids is 1. The van der Waals surface area contributed by atoms with Crippen molar-refractivity contribution in [3.63, 3.8) is 0 Å². The lowest BCUT2D eigenvalue weighted by atomic mass is 10.00. The number of anilines is 1. The predicted octanol–water partition coefficient (Wildman–Crippen LogP) is 1.89. The molecule has 156 valence electrons. The van der Waals surface area contributed by atoms with Crippen molar-refractivity contribution in [1.82, 2.24) is 9.88 Å². The van der Waals surface area contributed by atoms with Crippen molar-refractivity contribution in [2.75, 3.05) is 25.0 Å². The number of aryl methyl sites for hydroxylation is 1. The summed E-state index contributed by atoms with van der Waals surface area (Å²) in [5, 5.41) is 13.3. The quantitative estimate of drug-likeness (QED) is 0.523. The van der Waals surface area contributed by atoms with Crippen LogP contribution in [0, 0.1) is 0 Å². The van der Waals surface area contributed by atoms with E-state index in [1.165, 1.54) is 11.1 Å². The SMILES string of the molecule is C[n+]1c[nH]cc1C(=O)Nc1cccc(OC[C@H](O)CN2CCc3ccccc3C2)c1. The number of nitrogens with zero attached hydrogens (tertiary/aromatic N) is 2. The zero-order valence-corrected chi connectivity index (χ0v) is 17.0. The Labute approximate surface area is 175 Å². The number of nitrogens with one attached hydrogen (secondary N) is 2. The fourth-order valence-electron chi connectivity index (χ4n) is 3.74. The van der Waals surface area contributed by atoms with E-state index in [4.69, 9.17) is 4.74 Å². The average Bonchev–Trinajstić information content (AvgIpc) is 3.18. The largest absolute Gasteiger partial charge is 0.491 e. The molecule has 0 fully saturated rings. The zero-order chi connectivity index (χ0) is 20.9. The molecule has 0 radical (unpaired) electrons. The minimum atomic E-state index is -0.590. The van der Waals surface area contributed by atoms with Gasteiger partial charge in [0.1, 0.15) is 24.7 Å². The molecule has 1 aromatic heterocycles. The highest BCUT2D eigenvalue weighted by Gasteiger charge is 2.19. The van der Waals surface area contributed by atoms with Gasteiger partial charge in [-0.1, -0.05) is 30.3 Å². The van der Waals surface area contributed by atoms with Crippen molar-refractivity contribution in [1.29, 1.82) is 0 Å². The molecule has 1 aliphatic rings. The normalized spacial score (nSPS) is 14.7. The highest BCUT2D eigenvalue weighted by Crippen LogP contribution is 2.20. The molecule has 3 N–H and O–H groups in total. The molecular weight excluding hydrogens is 380 g/mol. The molecule has 3 aromatic rings. The molecule has 0 aliphatic carbocycles. The second-order valence-corrected chi connectivity index (χ2v) is 7.64.